The zero-order valence-electron chi connectivity index (χ0n) is 22.3. The molecular weight excluding hydrogens is 512 g/mol. The van der Waals surface area contributed by atoms with Crippen LogP contribution in [0.4, 0.5) is 0 Å². The summed E-state index contributed by atoms with van der Waals surface area (Å²) in [6.45, 7) is 0.756. The lowest BCUT2D eigenvalue weighted by molar-refractivity contribution is -0.135. The second-order valence-corrected chi connectivity index (χ2v) is 10.1. The Morgan fingerprint density at radius 3 is 2.42 bits per heavy atom. The van der Waals surface area contributed by atoms with Gasteiger partial charge in [0.2, 0.25) is 17.4 Å². The van der Waals surface area contributed by atoms with Crippen LogP contribution >= 0.6 is 0 Å². The molecule has 10 heteroatoms. The van der Waals surface area contributed by atoms with E-state index in [1.165, 1.54) is 17.0 Å². The first-order valence-electron chi connectivity index (χ1n) is 13.3. The summed E-state index contributed by atoms with van der Waals surface area (Å²) < 4.78 is 12.4. The van der Waals surface area contributed by atoms with Gasteiger partial charge in [-0.15, -0.1) is 0 Å². The van der Waals surface area contributed by atoms with E-state index in [4.69, 9.17) is 9.47 Å². The van der Waals surface area contributed by atoms with Crippen molar-refractivity contribution in [3.8, 4) is 11.5 Å². The molecule has 208 valence electrons. The van der Waals surface area contributed by atoms with E-state index in [-0.39, 0.29) is 61.2 Å². The first kappa shape index (κ1) is 27.1. The molecule has 40 heavy (non-hydrogen) atoms. The summed E-state index contributed by atoms with van der Waals surface area (Å²) in [5, 5.41) is 2.99. The Kier molecular flexibility index (Phi) is 8.26. The van der Waals surface area contributed by atoms with Gasteiger partial charge in [-0.1, -0.05) is 30.3 Å². The van der Waals surface area contributed by atoms with Crippen molar-refractivity contribution in [1.82, 2.24) is 20.1 Å². The van der Waals surface area contributed by atoms with Crippen LogP contribution in [0.2, 0.25) is 0 Å². The average Bonchev–Trinajstić information content (AvgIpc) is 2.94. The fraction of sp³-hybridized carbons (Fsp3) is 0.333. The molecule has 3 heterocycles. The topological polar surface area (TPSA) is 121 Å². The van der Waals surface area contributed by atoms with E-state index in [9.17, 15) is 19.2 Å². The summed E-state index contributed by atoms with van der Waals surface area (Å²) in [5.74, 6) is 0.517. The lowest BCUT2D eigenvalue weighted by atomic mass is 10.0. The first-order valence-corrected chi connectivity index (χ1v) is 13.3. The van der Waals surface area contributed by atoms with Crippen LogP contribution in [0.5, 0.6) is 11.5 Å². The molecule has 2 aliphatic rings. The molecule has 0 spiro atoms. The van der Waals surface area contributed by atoms with Crippen LogP contribution in [-0.4, -0.2) is 71.3 Å². The van der Waals surface area contributed by atoms with Crippen LogP contribution in [-0.2, 0) is 27.4 Å². The molecule has 0 radical (unpaired) electrons. The highest BCUT2D eigenvalue weighted by Gasteiger charge is 2.34. The number of benzene rings is 2. The molecule has 0 unspecified atom stereocenters. The monoisotopic (exact) mass is 544 g/mol. The van der Waals surface area contributed by atoms with Gasteiger partial charge in [0, 0.05) is 32.6 Å². The third-order valence-corrected chi connectivity index (χ3v) is 7.11. The predicted molar refractivity (Wildman–Crippen MR) is 147 cm³/mol. The molecule has 2 N–H and O–H groups in total. The molecule has 1 fully saturated rings. The molecule has 4 bridgehead atoms. The van der Waals surface area contributed by atoms with Crippen molar-refractivity contribution >= 4 is 17.7 Å². The average molecular weight is 545 g/mol. The summed E-state index contributed by atoms with van der Waals surface area (Å²) >= 11 is 0. The normalized spacial score (nSPS) is 20.4. The number of fused-ring (bicyclic) bond motifs is 5. The maximum atomic E-state index is 13.1. The number of nitrogens with zero attached hydrogens (tertiary/aromatic N) is 2. The predicted octanol–water partition coefficient (Wildman–Crippen LogP) is 2.49. The van der Waals surface area contributed by atoms with Gasteiger partial charge in [0.25, 0.3) is 5.91 Å². The molecule has 5 rings (SSSR count). The summed E-state index contributed by atoms with van der Waals surface area (Å²) in [5.41, 5.74) is 1.69. The number of carbonyl (C=O) groups is 3. The van der Waals surface area contributed by atoms with Gasteiger partial charge in [0.05, 0.1) is 25.3 Å². The van der Waals surface area contributed by atoms with Gasteiger partial charge in [-0.2, -0.15) is 0 Å². The SMILES string of the molecule is CN1CC(=O)N[C@H]2CN(C(=O)c3cccc(=O)[nH]3)CC[C@H]2OCc2cccc(c2)Oc2cccc(c2)CCC1=O. The van der Waals surface area contributed by atoms with Gasteiger partial charge in [0.15, 0.2) is 0 Å². The maximum Gasteiger partial charge on any atom is 0.270 e. The molecule has 0 saturated carbocycles. The Morgan fingerprint density at radius 2 is 1.65 bits per heavy atom. The van der Waals surface area contributed by atoms with Crippen LogP contribution in [0.15, 0.2) is 71.5 Å². The van der Waals surface area contributed by atoms with E-state index in [1.807, 2.05) is 48.5 Å². The largest absolute Gasteiger partial charge is 0.457 e. The molecule has 2 aliphatic heterocycles. The number of H-pyrrole nitrogens is 1. The van der Waals surface area contributed by atoms with E-state index in [0.717, 1.165) is 11.1 Å². The van der Waals surface area contributed by atoms with Crippen LogP contribution in [0.1, 0.15) is 34.5 Å². The van der Waals surface area contributed by atoms with Gasteiger partial charge in [-0.3, -0.25) is 19.2 Å². The number of aromatic nitrogens is 1. The van der Waals surface area contributed by atoms with Crippen LogP contribution in [0.25, 0.3) is 0 Å². The zero-order valence-corrected chi connectivity index (χ0v) is 22.3. The lowest BCUT2D eigenvalue weighted by Crippen LogP contribution is -2.58. The number of likely N-dealkylation sites (N-methyl/N-ethyl adjacent to an activating group) is 1. The summed E-state index contributed by atoms with van der Waals surface area (Å²) in [6.07, 6.45) is 0.865. The molecule has 3 amide bonds. The number of amides is 3. The van der Waals surface area contributed by atoms with Gasteiger partial charge in [-0.05, 0) is 54.3 Å². The quantitative estimate of drug-likeness (QED) is 0.486. The van der Waals surface area contributed by atoms with Gasteiger partial charge in [-0.25, -0.2) is 0 Å². The summed E-state index contributed by atoms with van der Waals surface area (Å²) in [6, 6.07) is 19.2. The number of ether oxygens (including phenoxy) is 2. The standard InChI is InChI=1S/C30H32N4O6/c1-33-18-28(36)32-25-17-34(30(38)24-9-4-10-27(35)31-24)14-13-26(25)39-19-21-6-3-8-23(16-21)40-22-7-2-5-20(15-22)11-12-29(33)37/h2-10,15-16,25-26H,11-14,17-19H2,1H3,(H,31,35)(H,32,36)/t25-,26+/m0/s1. The number of hydrogen-bond donors (Lipinski definition) is 2. The Balaban J connectivity index is 1.37. The highest BCUT2D eigenvalue weighted by atomic mass is 16.5. The maximum absolute atomic E-state index is 13.1. The van der Waals surface area contributed by atoms with Crippen molar-refractivity contribution in [3.05, 3.63) is 93.9 Å². The summed E-state index contributed by atoms with van der Waals surface area (Å²) in [7, 11) is 1.60. The highest BCUT2D eigenvalue weighted by Crippen LogP contribution is 2.25. The van der Waals surface area contributed by atoms with Crippen molar-refractivity contribution in [2.45, 2.75) is 38.0 Å². The number of hydrogen-bond acceptors (Lipinski definition) is 6. The molecule has 0 aliphatic carbocycles. The fourth-order valence-electron chi connectivity index (χ4n) is 5.00. The smallest absolute Gasteiger partial charge is 0.270 e. The Bertz CT molecular complexity index is 1450. The van der Waals surface area contributed by atoms with E-state index < -0.39 is 6.04 Å². The third kappa shape index (κ3) is 6.76. The second kappa shape index (κ2) is 12.2. The first-order chi connectivity index (χ1) is 19.3. The van der Waals surface area contributed by atoms with Crippen LogP contribution in [0, 0.1) is 0 Å². The molecule has 2 atom stereocenters. The minimum atomic E-state index is -0.512. The van der Waals surface area contributed by atoms with E-state index >= 15 is 0 Å². The number of pyridine rings is 1. The van der Waals surface area contributed by atoms with E-state index in [1.54, 1.807) is 18.0 Å². The van der Waals surface area contributed by atoms with Gasteiger partial charge in [0.1, 0.15) is 17.2 Å². The van der Waals surface area contributed by atoms with Crippen molar-refractivity contribution in [2.24, 2.45) is 0 Å². The number of nitrogens with one attached hydrogen (secondary N) is 2. The number of likely N-dealkylation sites (tertiary alicyclic amines) is 1. The van der Waals surface area contributed by atoms with Crippen LogP contribution < -0.4 is 15.6 Å². The molecule has 3 aromatic rings. The molecule has 2 aromatic carbocycles. The Morgan fingerprint density at radius 1 is 0.925 bits per heavy atom. The fourth-order valence-corrected chi connectivity index (χ4v) is 5.00. The minimum absolute atomic E-state index is 0.118. The van der Waals surface area contributed by atoms with Gasteiger partial charge < -0.3 is 29.6 Å². The van der Waals surface area contributed by atoms with Crippen molar-refractivity contribution in [1.29, 1.82) is 0 Å². The molecule has 1 saturated heterocycles. The van der Waals surface area contributed by atoms with Crippen molar-refractivity contribution < 1.29 is 23.9 Å². The van der Waals surface area contributed by atoms with E-state index in [2.05, 4.69) is 10.3 Å². The number of aromatic amines is 1. The third-order valence-electron chi connectivity index (χ3n) is 7.11. The van der Waals surface area contributed by atoms with Crippen LogP contribution in [0.3, 0.4) is 0 Å². The van der Waals surface area contributed by atoms with Gasteiger partial charge >= 0.3 is 0 Å². The highest BCUT2D eigenvalue weighted by molar-refractivity contribution is 5.92. The van der Waals surface area contributed by atoms with E-state index in [0.29, 0.717) is 30.9 Å². The number of carbonyl (C=O) groups excluding carboxylic acids is 3. The number of rotatable bonds is 1. The second-order valence-electron chi connectivity index (χ2n) is 10.1. The number of piperidine rings is 1. The summed E-state index contributed by atoms with van der Waals surface area (Å²) in [4.78, 5) is 56.2. The Hall–Kier alpha value is -4.44. The molecule has 10 nitrogen and oxygen atoms in total. The number of aryl methyl sites for hydroxylation is 1. The minimum Gasteiger partial charge on any atom is -0.457 e. The molecule has 1 aromatic heterocycles. The van der Waals surface area contributed by atoms with Crippen molar-refractivity contribution in [3.63, 3.8) is 0 Å². The Labute approximate surface area is 231 Å². The molecular formula is C30H32N4O6. The van der Waals surface area contributed by atoms with Crippen molar-refractivity contribution in [2.75, 3.05) is 26.7 Å². The lowest BCUT2D eigenvalue weighted by Gasteiger charge is -2.39. The zero-order chi connectivity index (χ0) is 28.1.